The highest BCUT2D eigenvalue weighted by Gasteiger charge is 2.25. The topological polar surface area (TPSA) is 15.3 Å². The van der Waals surface area contributed by atoms with Gasteiger partial charge in [-0.15, -0.1) is 0 Å². The second-order valence-electron chi connectivity index (χ2n) is 6.16. The van der Waals surface area contributed by atoms with Gasteiger partial charge in [-0.25, -0.2) is 4.39 Å². The van der Waals surface area contributed by atoms with Crippen LogP contribution < -0.4 is 10.2 Å². The Labute approximate surface area is 122 Å². The predicted octanol–water partition coefficient (Wildman–Crippen LogP) is 3.95. The summed E-state index contributed by atoms with van der Waals surface area (Å²) < 4.78 is 14.2. The lowest BCUT2D eigenvalue weighted by Gasteiger charge is -2.28. The quantitative estimate of drug-likeness (QED) is 0.847. The average Bonchev–Trinajstić information content (AvgIpc) is 2.88. The molecule has 3 heteroatoms. The van der Waals surface area contributed by atoms with E-state index in [0.29, 0.717) is 18.5 Å². The van der Waals surface area contributed by atoms with E-state index in [0.717, 1.165) is 30.8 Å². The van der Waals surface area contributed by atoms with E-state index in [1.54, 1.807) is 6.07 Å². The first kappa shape index (κ1) is 15.3. The molecule has 1 aromatic carbocycles. The zero-order chi connectivity index (χ0) is 14.5. The number of benzene rings is 1. The number of nitrogens with zero attached hydrogens (tertiary/aromatic N) is 1. The van der Waals surface area contributed by atoms with Gasteiger partial charge in [0.25, 0.3) is 0 Å². The van der Waals surface area contributed by atoms with Gasteiger partial charge < -0.3 is 10.2 Å². The summed E-state index contributed by atoms with van der Waals surface area (Å²) in [6.45, 7) is 9.15. The fraction of sp³-hybridized carbons (Fsp3) is 0.647. The SMILES string of the molecule is CCC1CCCN1c1cccc(F)c1CNCC(C)C. The second-order valence-corrected chi connectivity index (χ2v) is 6.16. The first-order valence-electron chi connectivity index (χ1n) is 7.88. The monoisotopic (exact) mass is 278 g/mol. The molecule has 20 heavy (non-hydrogen) atoms. The van der Waals surface area contributed by atoms with Gasteiger partial charge in [0, 0.05) is 30.4 Å². The lowest BCUT2D eigenvalue weighted by atomic mass is 10.1. The molecule has 2 rings (SSSR count). The number of nitrogens with one attached hydrogen (secondary N) is 1. The summed E-state index contributed by atoms with van der Waals surface area (Å²) in [7, 11) is 0. The van der Waals surface area contributed by atoms with E-state index in [1.165, 1.54) is 12.8 Å². The Morgan fingerprint density at radius 2 is 2.20 bits per heavy atom. The van der Waals surface area contributed by atoms with E-state index < -0.39 is 0 Å². The molecule has 0 aromatic heterocycles. The van der Waals surface area contributed by atoms with E-state index in [2.05, 4.69) is 37.1 Å². The normalized spacial score (nSPS) is 19.1. The fourth-order valence-electron chi connectivity index (χ4n) is 3.05. The maximum absolute atomic E-state index is 14.2. The molecule has 0 aliphatic carbocycles. The van der Waals surface area contributed by atoms with E-state index in [1.807, 2.05) is 6.07 Å². The molecule has 1 N–H and O–H groups in total. The van der Waals surface area contributed by atoms with Gasteiger partial charge in [0.1, 0.15) is 5.82 Å². The first-order valence-corrected chi connectivity index (χ1v) is 7.88. The molecule has 0 amide bonds. The zero-order valence-electron chi connectivity index (χ0n) is 13.0. The van der Waals surface area contributed by atoms with Gasteiger partial charge in [0.05, 0.1) is 0 Å². The zero-order valence-corrected chi connectivity index (χ0v) is 13.0. The van der Waals surface area contributed by atoms with Crippen molar-refractivity contribution in [1.82, 2.24) is 5.32 Å². The third-order valence-corrected chi connectivity index (χ3v) is 4.11. The first-order chi connectivity index (χ1) is 9.63. The Kier molecular flexibility index (Phi) is 5.41. The van der Waals surface area contributed by atoms with Crippen molar-refractivity contribution in [2.45, 2.75) is 52.6 Å². The van der Waals surface area contributed by atoms with Crippen molar-refractivity contribution < 1.29 is 4.39 Å². The summed E-state index contributed by atoms with van der Waals surface area (Å²) in [6.07, 6.45) is 3.58. The largest absolute Gasteiger partial charge is 0.368 e. The molecule has 1 fully saturated rings. The lowest BCUT2D eigenvalue weighted by Crippen LogP contribution is -2.30. The molecule has 1 saturated heterocycles. The number of halogens is 1. The Morgan fingerprint density at radius 3 is 2.90 bits per heavy atom. The van der Waals surface area contributed by atoms with Gasteiger partial charge in [0.2, 0.25) is 0 Å². The highest BCUT2D eigenvalue weighted by Crippen LogP contribution is 2.31. The standard InChI is InChI=1S/C17H27FN2/c1-4-14-7-6-10-20(14)17-9-5-8-16(18)15(17)12-19-11-13(2)3/h5,8-9,13-14,19H,4,6-7,10-12H2,1-3H3. The van der Waals surface area contributed by atoms with Crippen LogP contribution >= 0.6 is 0 Å². The molecule has 1 aromatic rings. The van der Waals surface area contributed by atoms with Crippen LogP contribution in [0.2, 0.25) is 0 Å². The van der Waals surface area contributed by atoms with Gasteiger partial charge in [-0.3, -0.25) is 0 Å². The van der Waals surface area contributed by atoms with Crippen molar-refractivity contribution in [2.24, 2.45) is 5.92 Å². The summed E-state index contributed by atoms with van der Waals surface area (Å²) in [5, 5.41) is 3.37. The third kappa shape index (κ3) is 3.51. The molecule has 0 spiro atoms. The maximum Gasteiger partial charge on any atom is 0.129 e. The van der Waals surface area contributed by atoms with Crippen molar-refractivity contribution in [3.8, 4) is 0 Å². The van der Waals surface area contributed by atoms with Gasteiger partial charge in [-0.1, -0.05) is 26.8 Å². The van der Waals surface area contributed by atoms with E-state index in [9.17, 15) is 4.39 Å². The molecule has 1 aliphatic rings. The molecule has 0 saturated carbocycles. The van der Waals surface area contributed by atoms with Crippen molar-refractivity contribution in [3.63, 3.8) is 0 Å². The van der Waals surface area contributed by atoms with Crippen molar-refractivity contribution in [2.75, 3.05) is 18.0 Å². The van der Waals surface area contributed by atoms with Crippen LogP contribution in [0.25, 0.3) is 0 Å². The van der Waals surface area contributed by atoms with Crippen molar-refractivity contribution in [1.29, 1.82) is 0 Å². The summed E-state index contributed by atoms with van der Waals surface area (Å²) >= 11 is 0. The molecule has 0 radical (unpaired) electrons. The molecule has 1 atom stereocenters. The number of hydrogen-bond acceptors (Lipinski definition) is 2. The predicted molar refractivity (Wildman–Crippen MR) is 83.6 cm³/mol. The van der Waals surface area contributed by atoms with Crippen LogP contribution in [0.1, 0.15) is 45.6 Å². The van der Waals surface area contributed by atoms with E-state index >= 15 is 0 Å². The van der Waals surface area contributed by atoms with Gasteiger partial charge in [0.15, 0.2) is 0 Å². The highest BCUT2D eigenvalue weighted by molar-refractivity contribution is 5.55. The summed E-state index contributed by atoms with van der Waals surface area (Å²) in [6, 6.07) is 6.05. The highest BCUT2D eigenvalue weighted by atomic mass is 19.1. The van der Waals surface area contributed by atoms with Crippen LogP contribution in [0.5, 0.6) is 0 Å². The van der Waals surface area contributed by atoms with Crippen molar-refractivity contribution in [3.05, 3.63) is 29.6 Å². The lowest BCUT2D eigenvalue weighted by molar-refractivity contribution is 0.533. The minimum Gasteiger partial charge on any atom is -0.368 e. The van der Waals surface area contributed by atoms with Crippen LogP contribution in [-0.2, 0) is 6.54 Å². The molecule has 0 bridgehead atoms. The smallest absolute Gasteiger partial charge is 0.129 e. The Balaban J connectivity index is 2.17. The molecular weight excluding hydrogens is 251 g/mol. The van der Waals surface area contributed by atoms with E-state index in [-0.39, 0.29) is 5.82 Å². The van der Waals surface area contributed by atoms with Crippen LogP contribution in [0.15, 0.2) is 18.2 Å². The number of hydrogen-bond donors (Lipinski definition) is 1. The Bertz CT molecular complexity index is 431. The van der Waals surface area contributed by atoms with Crippen LogP contribution in [0.3, 0.4) is 0 Å². The van der Waals surface area contributed by atoms with Crippen LogP contribution in [0, 0.1) is 11.7 Å². The maximum atomic E-state index is 14.2. The van der Waals surface area contributed by atoms with Gasteiger partial charge >= 0.3 is 0 Å². The summed E-state index contributed by atoms with van der Waals surface area (Å²) in [5.41, 5.74) is 1.92. The molecule has 1 aliphatic heterocycles. The van der Waals surface area contributed by atoms with Gasteiger partial charge in [-0.2, -0.15) is 0 Å². The minimum absolute atomic E-state index is 0.0829. The second kappa shape index (κ2) is 7.07. The van der Waals surface area contributed by atoms with Crippen LogP contribution in [0.4, 0.5) is 10.1 Å². The van der Waals surface area contributed by atoms with E-state index in [4.69, 9.17) is 0 Å². The molecule has 1 unspecified atom stereocenters. The Morgan fingerprint density at radius 1 is 1.40 bits per heavy atom. The number of rotatable bonds is 6. The molecule has 112 valence electrons. The Hall–Kier alpha value is -1.09. The molecular formula is C17H27FN2. The third-order valence-electron chi connectivity index (χ3n) is 4.11. The minimum atomic E-state index is -0.0829. The van der Waals surface area contributed by atoms with Crippen LogP contribution in [-0.4, -0.2) is 19.1 Å². The molecule has 1 heterocycles. The van der Waals surface area contributed by atoms with Gasteiger partial charge in [-0.05, 0) is 43.9 Å². The molecule has 2 nitrogen and oxygen atoms in total. The fourth-order valence-corrected chi connectivity index (χ4v) is 3.05. The summed E-state index contributed by atoms with van der Waals surface area (Å²) in [5.74, 6) is 0.501. The average molecular weight is 278 g/mol. The number of anilines is 1. The van der Waals surface area contributed by atoms with Crippen molar-refractivity contribution >= 4 is 5.69 Å². The summed E-state index contributed by atoms with van der Waals surface area (Å²) in [4.78, 5) is 2.40.